The maximum Gasteiger partial charge on any atom is 0.239 e. The number of nitrogens with zero attached hydrogens (tertiary/aromatic N) is 2. The molecule has 1 amide bonds. The van der Waals surface area contributed by atoms with Crippen LogP contribution in [0.25, 0.3) is 0 Å². The average molecular weight is 370 g/mol. The number of amides is 1. The number of carbonyl (C=O) groups excluding carboxylic acids is 1. The summed E-state index contributed by atoms with van der Waals surface area (Å²) in [6, 6.07) is 10.9. The van der Waals surface area contributed by atoms with Gasteiger partial charge in [-0.3, -0.25) is 9.69 Å². The van der Waals surface area contributed by atoms with E-state index in [0.717, 1.165) is 57.0 Å². The first kappa shape index (κ1) is 18.9. The third kappa shape index (κ3) is 4.55. The van der Waals surface area contributed by atoms with Crippen LogP contribution < -0.4 is 5.32 Å². The van der Waals surface area contributed by atoms with E-state index in [-0.39, 0.29) is 6.04 Å². The molecule has 1 unspecified atom stereocenters. The summed E-state index contributed by atoms with van der Waals surface area (Å²) < 4.78 is 0. The number of fused-ring (bicyclic) bond motifs is 1. The first-order valence-electron chi connectivity index (χ1n) is 11.0. The maximum atomic E-state index is 13.1. The van der Waals surface area contributed by atoms with Gasteiger partial charge in [0.25, 0.3) is 0 Å². The van der Waals surface area contributed by atoms with Crippen molar-refractivity contribution in [1.29, 1.82) is 0 Å². The molecule has 1 N–H and O–H groups in total. The van der Waals surface area contributed by atoms with Crippen LogP contribution in [0.3, 0.4) is 0 Å². The zero-order chi connectivity index (χ0) is 18.6. The van der Waals surface area contributed by atoms with E-state index in [4.69, 9.17) is 0 Å². The normalized spacial score (nSPS) is 28.6. The molecule has 27 heavy (non-hydrogen) atoms. The monoisotopic (exact) mass is 369 g/mol. The maximum absolute atomic E-state index is 13.1. The van der Waals surface area contributed by atoms with E-state index < -0.39 is 0 Å². The van der Waals surface area contributed by atoms with Gasteiger partial charge in [-0.1, -0.05) is 30.3 Å². The first-order valence-corrected chi connectivity index (χ1v) is 11.0. The number of nitrogens with one attached hydrogen (secondary N) is 1. The van der Waals surface area contributed by atoms with E-state index >= 15 is 0 Å². The Morgan fingerprint density at radius 3 is 2.26 bits per heavy atom. The molecule has 0 aliphatic carbocycles. The Hall–Kier alpha value is -1.39. The second-order valence-corrected chi connectivity index (χ2v) is 8.93. The van der Waals surface area contributed by atoms with Gasteiger partial charge in [-0.25, -0.2) is 0 Å². The third-order valence-electron chi connectivity index (χ3n) is 7.25. The zero-order valence-electron chi connectivity index (χ0n) is 16.8. The van der Waals surface area contributed by atoms with Crippen molar-refractivity contribution in [1.82, 2.24) is 15.1 Å². The zero-order valence-corrected chi connectivity index (χ0v) is 16.8. The largest absolute Gasteiger partial charge is 0.341 e. The molecule has 3 aliphatic heterocycles. The SMILES string of the molecule is CC(C(=O)N1CC[C@@H]2CNC[C@@H]2CC1)N1CCC(Cc2ccccc2)CC1. The molecule has 3 saturated heterocycles. The Labute approximate surface area is 164 Å². The lowest BCUT2D eigenvalue weighted by atomic mass is 9.89. The molecular weight excluding hydrogens is 334 g/mol. The summed E-state index contributed by atoms with van der Waals surface area (Å²) in [5, 5.41) is 3.52. The fourth-order valence-electron chi connectivity index (χ4n) is 5.35. The molecule has 0 saturated carbocycles. The molecule has 1 aromatic carbocycles. The van der Waals surface area contributed by atoms with Crippen LogP contribution in [0, 0.1) is 17.8 Å². The van der Waals surface area contributed by atoms with Gasteiger partial charge in [-0.15, -0.1) is 0 Å². The van der Waals surface area contributed by atoms with Gasteiger partial charge in [0.05, 0.1) is 6.04 Å². The van der Waals surface area contributed by atoms with Crippen molar-refractivity contribution in [2.24, 2.45) is 17.8 Å². The van der Waals surface area contributed by atoms with Crippen molar-refractivity contribution < 1.29 is 4.79 Å². The fourth-order valence-corrected chi connectivity index (χ4v) is 5.35. The molecule has 4 rings (SSSR count). The molecule has 0 radical (unpaired) electrons. The van der Waals surface area contributed by atoms with Crippen molar-refractivity contribution in [3.63, 3.8) is 0 Å². The number of carbonyl (C=O) groups is 1. The first-order chi connectivity index (χ1) is 13.2. The predicted octanol–water partition coefficient (Wildman–Crippen LogP) is 2.79. The van der Waals surface area contributed by atoms with Crippen LogP contribution in [0.15, 0.2) is 30.3 Å². The summed E-state index contributed by atoms with van der Waals surface area (Å²) in [7, 11) is 0. The van der Waals surface area contributed by atoms with Gasteiger partial charge in [0, 0.05) is 13.1 Å². The van der Waals surface area contributed by atoms with Crippen molar-refractivity contribution in [3.05, 3.63) is 35.9 Å². The Morgan fingerprint density at radius 2 is 1.63 bits per heavy atom. The molecule has 0 aromatic heterocycles. The van der Waals surface area contributed by atoms with Gasteiger partial charge in [-0.2, -0.15) is 0 Å². The van der Waals surface area contributed by atoms with Crippen LogP contribution in [0.4, 0.5) is 0 Å². The highest BCUT2D eigenvalue weighted by Crippen LogP contribution is 2.28. The van der Waals surface area contributed by atoms with Crippen LogP contribution in [0.2, 0.25) is 0 Å². The number of benzene rings is 1. The smallest absolute Gasteiger partial charge is 0.239 e. The van der Waals surface area contributed by atoms with Crippen LogP contribution in [0.5, 0.6) is 0 Å². The van der Waals surface area contributed by atoms with E-state index in [1.165, 1.54) is 37.7 Å². The highest BCUT2D eigenvalue weighted by atomic mass is 16.2. The van der Waals surface area contributed by atoms with Gasteiger partial charge in [0.1, 0.15) is 0 Å². The van der Waals surface area contributed by atoms with Crippen LogP contribution >= 0.6 is 0 Å². The Morgan fingerprint density at radius 1 is 1.00 bits per heavy atom. The minimum Gasteiger partial charge on any atom is -0.341 e. The molecule has 0 spiro atoms. The number of hydrogen-bond acceptors (Lipinski definition) is 3. The minimum absolute atomic E-state index is 0.0405. The van der Waals surface area contributed by atoms with E-state index in [1.807, 2.05) is 0 Å². The van der Waals surface area contributed by atoms with Crippen LogP contribution in [-0.4, -0.2) is 61.0 Å². The Bertz CT molecular complexity index is 597. The van der Waals surface area contributed by atoms with E-state index in [9.17, 15) is 4.79 Å². The average Bonchev–Trinajstić information content (AvgIpc) is 3.06. The topological polar surface area (TPSA) is 35.6 Å². The molecule has 1 aromatic rings. The van der Waals surface area contributed by atoms with Crippen molar-refractivity contribution in [2.75, 3.05) is 39.3 Å². The second kappa shape index (κ2) is 8.74. The Balaban J connectivity index is 1.26. The summed E-state index contributed by atoms with van der Waals surface area (Å²) in [6.07, 6.45) is 5.95. The number of hydrogen-bond donors (Lipinski definition) is 1. The minimum atomic E-state index is 0.0405. The highest BCUT2D eigenvalue weighted by Gasteiger charge is 2.34. The van der Waals surface area contributed by atoms with Gasteiger partial charge in [0.15, 0.2) is 0 Å². The summed E-state index contributed by atoms with van der Waals surface area (Å²) in [6.45, 7) is 8.47. The quantitative estimate of drug-likeness (QED) is 0.886. The fraction of sp³-hybridized carbons (Fsp3) is 0.696. The van der Waals surface area contributed by atoms with Gasteiger partial charge < -0.3 is 10.2 Å². The molecule has 4 heteroatoms. The van der Waals surface area contributed by atoms with Crippen LogP contribution in [-0.2, 0) is 11.2 Å². The summed E-state index contributed by atoms with van der Waals surface area (Å²) in [5.74, 6) is 2.69. The predicted molar refractivity (Wildman–Crippen MR) is 110 cm³/mol. The molecule has 0 bridgehead atoms. The number of likely N-dealkylation sites (tertiary alicyclic amines) is 2. The molecular formula is C23H35N3O. The summed E-state index contributed by atoms with van der Waals surface area (Å²) in [5.41, 5.74) is 1.45. The van der Waals surface area contributed by atoms with E-state index in [2.05, 4.69) is 52.4 Å². The molecule has 3 aliphatic rings. The highest BCUT2D eigenvalue weighted by molar-refractivity contribution is 5.81. The standard InChI is InChI=1S/C23H35N3O/c1-18(23(27)26-13-9-21-16-24-17-22(21)10-14-26)25-11-7-20(8-12-25)15-19-5-3-2-4-6-19/h2-6,18,20-22,24H,7-17H2,1H3/t18?,21-,22+. The summed E-state index contributed by atoms with van der Waals surface area (Å²) >= 11 is 0. The van der Waals surface area contributed by atoms with Gasteiger partial charge >= 0.3 is 0 Å². The third-order valence-corrected chi connectivity index (χ3v) is 7.25. The molecule has 148 valence electrons. The number of rotatable bonds is 4. The molecule has 3 heterocycles. The second-order valence-electron chi connectivity index (χ2n) is 8.93. The number of piperidine rings is 1. The molecule has 3 fully saturated rings. The lowest BCUT2D eigenvalue weighted by Gasteiger charge is -2.37. The summed E-state index contributed by atoms with van der Waals surface area (Å²) in [4.78, 5) is 17.7. The van der Waals surface area contributed by atoms with Crippen LogP contribution in [0.1, 0.15) is 38.2 Å². The van der Waals surface area contributed by atoms with Crippen molar-refractivity contribution in [2.45, 2.75) is 45.1 Å². The lowest BCUT2D eigenvalue weighted by molar-refractivity contribution is -0.137. The van der Waals surface area contributed by atoms with Gasteiger partial charge in [0.2, 0.25) is 5.91 Å². The van der Waals surface area contributed by atoms with E-state index in [1.54, 1.807) is 0 Å². The van der Waals surface area contributed by atoms with E-state index in [0.29, 0.717) is 5.91 Å². The van der Waals surface area contributed by atoms with Crippen molar-refractivity contribution >= 4 is 5.91 Å². The van der Waals surface area contributed by atoms with Crippen molar-refractivity contribution in [3.8, 4) is 0 Å². The molecule has 4 nitrogen and oxygen atoms in total. The molecule has 3 atom stereocenters. The lowest BCUT2D eigenvalue weighted by Crippen LogP contribution is -2.50. The Kier molecular flexibility index (Phi) is 6.14. The van der Waals surface area contributed by atoms with Gasteiger partial charge in [-0.05, 0) is 88.5 Å².